The van der Waals surface area contributed by atoms with E-state index in [2.05, 4.69) is 88.3 Å². The molecule has 0 radical (unpaired) electrons. The number of nitrogens with one attached hydrogen (secondary N) is 2. The minimum atomic E-state index is 0.495. The first kappa shape index (κ1) is 21.9. The van der Waals surface area contributed by atoms with Gasteiger partial charge >= 0.3 is 0 Å². The van der Waals surface area contributed by atoms with Gasteiger partial charge in [0.05, 0.1) is 6.54 Å². The Morgan fingerprint density at radius 3 is 2.81 bits per heavy atom. The maximum absolute atomic E-state index is 4.89. The van der Waals surface area contributed by atoms with E-state index in [0.29, 0.717) is 18.5 Å². The lowest BCUT2D eigenvalue weighted by Gasteiger charge is -2.39. The van der Waals surface area contributed by atoms with Crippen molar-refractivity contribution in [1.29, 1.82) is 0 Å². The van der Waals surface area contributed by atoms with Gasteiger partial charge in [0, 0.05) is 42.8 Å². The first-order valence-corrected chi connectivity index (χ1v) is 12.4. The molecule has 2 atom stereocenters. The third-order valence-corrected chi connectivity index (χ3v) is 7.17. The highest BCUT2D eigenvalue weighted by atomic mass is 32.1. The second kappa shape index (κ2) is 10.8. The van der Waals surface area contributed by atoms with Crippen molar-refractivity contribution in [1.82, 2.24) is 15.5 Å². The summed E-state index contributed by atoms with van der Waals surface area (Å²) in [6, 6.07) is 13.7. The van der Waals surface area contributed by atoms with Gasteiger partial charge in [-0.05, 0) is 68.4 Å². The molecule has 1 aromatic carbocycles. The van der Waals surface area contributed by atoms with Crippen molar-refractivity contribution >= 4 is 23.0 Å². The van der Waals surface area contributed by atoms with Gasteiger partial charge in [-0.25, -0.2) is 4.99 Å². The van der Waals surface area contributed by atoms with Crippen molar-refractivity contribution < 1.29 is 0 Å². The molecule has 6 heteroatoms. The summed E-state index contributed by atoms with van der Waals surface area (Å²) >= 11 is 1.88. The van der Waals surface area contributed by atoms with Crippen LogP contribution in [0, 0.1) is 5.92 Å². The second-order valence-corrected chi connectivity index (χ2v) is 9.44. The maximum atomic E-state index is 4.89. The van der Waals surface area contributed by atoms with Gasteiger partial charge in [0.2, 0.25) is 0 Å². The fraction of sp³-hybridized carbons (Fsp3) is 0.480. The number of hydrogen-bond acceptors (Lipinski definition) is 4. The zero-order valence-corrected chi connectivity index (χ0v) is 19.6. The Bertz CT molecular complexity index is 868. The summed E-state index contributed by atoms with van der Waals surface area (Å²) in [7, 11) is 2.26. The number of thiophene rings is 1. The first-order chi connectivity index (χ1) is 15.2. The van der Waals surface area contributed by atoms with Crippen LogP contribution in [0.2, 0.25) is 0 Å². The highest BCUT2D eigenvalue weighted by Crippen LogP contribution is 2.36. The topological polar surface area (TPSA) is 42.9 Å². The highest BCUT2D eigenvalue weighted by molar-refractivity contribution is 7.10. The molecule has 4 rings (SSSR count). The van der Waals surface area contributed by atoms with E-state index in [1.165, 1.54) is 35.5 Å². The van der Waals surface area contributed by atoms with Crippen molar-refractivity contribution in [2.75, 3.05) is 44.7 Å². The maximum Gasteiger partial charge on any atom is 0.191 e. The standard InChI is InChI=1S/C25H35N5S/c1-3-26-25(27-18-20-9-6-11-22(17-20)30-14-4-5-15-30)28-19-21-10-7-13-29(2)24(21)23-12-8-16-31-23/h4-6,8-9,11-12,16-17,21,24H,3,7,10,13-15,18-19H2,1-2H3,(H2,26,27,28). The lowest BCUT2D eigenvalue weighted by Crippen LogP contribution is -2.44. The molecule has 2 N–H and O–H groups in total. The smallest absolute Gasteiger partial charge is 0.191 e. The van der Waals surface area contributed by atoms with Crippen LogP contribution < -0.4 is 15.5 Å². The molecule has 2 aromatic rings. The molecule has 0 saturated carbocycles. The number of hydrogen-bond donors (Lipinski definition) is 2. The SMILES string of the molecule is CCNC(=NCc1cccc(N2CC=CC2)c1)NCC1CCCN(C)C1c1cccs1. The lowest BCUT2D eigenvalue weighted by atomic mass is 9.88. The van der Waals surface area contributed by atoms with Crippen molar-refractivity contribution in [3.05, 3.63) is 64.4 Å². The fourth-order valence-electron chi connectivity index (χ4n) is 4.66. The van der Waals surface area contributed by atoms with Crippen LogP contribution in [0.5, 0.6) is 0 Å². The monoisotopic (exact) mass is 437 g/mol. The van der Waals surface area contributed by atoms with Crippen LogP contribution in [-0.2, 0) is 6.54 Å². The van der Waals surface area contributed by atoms with E-state index < -0.39 is 0 Å². The minimum absolute atomic E-state index is 0.495. The van der Waals surface area contributed by atoms with Crippen LogP contribution >= 0.6 is 11.3 Å². The van der Waals surface area contributed by atoms with Gasteiger partial charge in [-0.1, -0.05) is 30.4 Å². The molecule has 0 spiro atoms. The Hall–Kier alpha value is -2.31. The molecule has 3 heterocycles. The number of anilines is 1. The Kier molecular flexibility index (Phi) is 7.65. The molecule has 2 aliphatic rings. The van der Waals surface area contributed by atoms with Crippen LogP contribution in [0.3, 0.4) is 0 Å². The van der Waals surface area contributed by atoms with Gasteiger partial charge < -0.3 is 15.5 Å². The molecule has 0 amide bonds. The lowest BCUT2D eigenvalue weighted by molar-refractivity contribution is 0.125. The normalized spacial score (nSPS) is 22.1. The molecular formula is C25H35N5S. The fourth-order valence-corrected chi connectivity index (χ4v) is 5.65. The van der Waals surface area contributed by atoms with Crippen LogP contribution in [0.15, 0.2) is 58.9 Å². The van der Waals surface area contributed by atoms with Gasteiger partial charge in [-0.2, -0.15) is 0 Å². The molecule has 1 saturated heterocycles. The quantitative estimate of drug-likeness (QED) is 0.386. The molecule has 31 heavy (non-hydrogen) atoms. The van der Waals surface area contributed by atoms with Gasteiger partial charge in [-0.3, -0.25) is 4.90 Å². The Morgan fingerprint density at radius 1 is 1.16 bits per heavy atom. The Labute approximate surface area is 190 Å². The molecule has 5 nitrogen and oxygen atoms in total. The molecule has 166 valence electrons. The van der Waals surface area contributed by atoms with Gasteiger partial charge in [0.1, 0.15) is 0 Å². The molecule has 2 unspecified atom stereocenters. The third-order valence-electron chi connectivity index (χ3n) is 6.23. The first-order valence-electron chi connectivity index (χ1n) is 11.5. The van der Waals surface area contributed by atoms with Crippen molar-refractivity contribution in [3.8, 4) is 0 Å². The summed E-state index contributed by atoms with van der Waals surface area (Å²) in [5, 5.41) is 9.26. The van der Waals surface area contributed by atoms with Crippen LogP contribution in [0.4, 0.5) is 5.69 Å². The van der Waals surface area contributed by atoms with Crippen LogP contribution in [0.25, 0.3) is 0 Å². The van der Waals surface area contributed by atoms with Crippen LogP contribution in [0.1, 0.15) is 36.2 Å². The van der Waals surface area contributed by atoms with Crippen molar-refractivity contribution in [2.45, 2.75) is 32.4 Å². The van der Waals surface area contributed by atoms with E-state index >= 15 is 0 Å². The molecule has 0 aliphatic carbocycles. The summed E-state index contributed by atoms with van der Waals surface area (Å²) in [6.07, 6.45) is 6.97. The van der Waals surface area contributed by atoms with Gasteiger partial charge in [0.15, 0.2) is 5.96 Å². The Morgan fingerprint density at radius 2 is 2.03 bits per heavy atom. The van der Waals surface area contributed by atoms with E-state index in [1.54, 1.807) is 0 Å². The van der Waals surface area contributed by atoms with Gasteiger partial charge in [-0.15, -0.1) is 11.3 Å². The van der Waals surface area contributed by atoms with Crippen molar-refractivity contribution in [3.63, 3.8) is 0 Å². The minimum Gasteiger partial charge on any atom is -0.364 e. The predicted molar refractivity (Wildman–Crippen MR) is 133 cm³/mol. The highest BCUT2D eigenvalue weighted by Gasteiger charge is 2.31. The molecular weight excluding hydrogens is 402 g/mol. The van der Waals surface area contributed by atoms with E-state index in [-0.39, 0.29) is 0 Å². The number of likely N-dealkylation sites (tertiary alicyclic amines) is 1. The third kappa shape index (κ3) is 5.69. The summed E-state index contributed by atoms with van der Waals surface area (Å²) in [5.41, 5.74) is 2.52. The summed E-state index contributed by atoms with van der Waals surface area (Å²) in [4.78, 5) is 11.3. The number of piperidine rings is 1. The summed E-state index contributed by atoms with van der Waals surface area (Å²) in [5.74, 6) is 1.50. The van der Waals surface area contributed by atoms with E-state index in [0.717, 1.165) is 32.1 Å². The van der Waals surface area contributed by atoms with Crippen LogP contribution in [-0.4, -0.2) is 50.6 Å². The number of guanidine groups is 1. The number of nitrogens with zero attached hydrogens (tertiary/aromatic N) is 3. The zero-order chi connectivity index (χ0) is 21.5. The van der Waals surface area contributed by atoms with E-state index in [4.69, 9.17) is 4.99 Å². The average molecular weight is 438 g/mol. The van der Waals surface area contributed by atoms with E-state index in [9.17, 15) is 0 Å². The van der Waals surface area contributed by atoms with Gasteiger partial charge in [0.25, 0.3) is 0 Å². The van der Waals surface area contributed by atoms with E-state index in [1.807, 2.05) is 11.3 Å². The second-order valence-electron chi connectivity index (χ2n) is 8.47. The summed E-state index contributed by atoms with van der Waals surface area (Å²) in [6.45, 7) is 7.79. The molecule has 0 bridgehead atoms. The molecule has 1 aromatic heterocycles. The summed E-state index contributed by atoms with van der Waals surface area (Å²) < 4.78 is 0. The predicted octanol–water partition coefficient (Wildman–Crippen LogP) is 4.26. The molecule has 1 fully saturated rings. The Balaban J connectivity index is 1.39. The molecule has 2 aliphatic heterocycles. The number of rotatable bonds is 7. The number of benzene rings is 1. The largest absolute Gasteiger partial charge is 0.364 e. The van der Waals surface area contributed by atoms with Crippen molar-refractivity contribution in [2.24, 2.45) is 10.9 Å². The zero-order valence-electron chi connectivity index (χ0n) is 18.8. The average Bonchev–Trinajstić information content (AvgIpc) is 3.50. The number of aliphatic imine (C=N–C) groups is 1.